The molecule has 0 saturated carbocycles. The minimum atomic E-state index is -1.06. The van der Waals surface area contributed by atoms with Gasteiger partial charge in [0.25, 0.3) is 11.8 Å². The number of alkyl carbamates (subject to hydrolysis) is 1. The van der Waals surface area contributed by atoms with Gasteiger partial charge in [0, 0.05) is 50.7 Å². The van der Waals surface area contributed by atoms with Crippen molar-refractivity contribution in [2.24, 2.45) is 10.9 Å². The van der Waals surface area contributed by atoms with E-state index in [0.717, 1.165) is 24.0 Å². The van der Waals surface area contributed by atoms with E-state index in [4.69, 9.17) is 35.0 Å². The summed E-state index contributed by atoms with van der Waals surface area (Å²) < 4.78 is 16.5. The van der Waals surface area contributed by atoms with Crippen LogP contribution in [0.1, 0.15) is 96.1 Å². The van der Waals surface area contributed by atoms with Gasteiger partial charge in [-0.3, -0.25) is 19.4 Å². The lowest BCUT2D eigenvalue weighted by atomic mass is 10.1. The van der Waals surface area contributed by atoms with Gasteiger partial charge in [-0.05, 0) is 75.8 Å². The minimum absolute atomic E-state index is 0.252. The van der Waals surface area contributed by atoms with Gasteiger partial charge in [0.1, 0.15) is 17.6 Å². The lowest BCUT2D eigenvalue weighted by molar-refractivity contribution is -0.148. The van der Waals surface area contributed by atoms with Crippen molar-refractivity contribution < 1.29 is 43.3 Å². The minimum Gasteiger partial charge on any atom is -0.480 e. The average molecular weight is 981 g/mol. The largest absolute Gasteiger partial charge is 0.480 e. The number of benzene rings is 1. The molecule has 0 bridgehead atoms. The van der Waals surface area contributed by atoms with Gasteiger partial charge in [-0.1, -0.05) is 83.6 Å². The molecule has 3 aliphatic rings. The van der Waals surface area contributed by atoms with Crippen molar-refractivity contribution in [2.45, 2.75) is 92.2 Å². The van der Waals surface area contributed by atoms with Gasteiger partial charge in [0.05, 0.1) is 30.9 Å². The topological polar surface area (TPSA) is 253 Å². The van der Waals surface area contributed by atoms with Crippen molar-refractivity contribution in [2.75, 3.05) is 68.9 Å². The molecule has 2 atom stereocenters. The Morgan fingerprint density at radius 2 is 1.75 bits per heavy atom. The van der Waals surface area contributed by atoms with Gasteiger partial charge in [-0.15, -0.1) is 6.58 Å². The Labute approximate surface area is 417 Å². The summed E-state index contributed by atoms with van der Waals surface area (Å²) >= 11 is 0. The number of unbranched alkanes of at least 4 members (excludes halogenated alkanes) is 2. The fourth-order valence-corrected chi connectivity index (χ4v) is 6.65. The Hall–Kier alpha value is -7.41. The summed E-state index contributed by atoms with van der Waals surface area (Å²) in [6.45, 7) is 22.0. The first-order valence-corrected chi connectivity index (χ1v) is 23.9. The fraction of sp³-hybridized carbons (Fsp3) is 0.442. The third-order valence-corrected chi connectivity index (χ3v) is 10.6. The zero-order chi connectivity index (χ0) is 52.3. The smallest absolute Gasteiger partial charge is 0.407 e. The summed E-state index contributed by atoms with van der Waals surface area (Å²) in [6, 6.07) is 9.73. The summed E-state index contributed by atoms with van der Waals surface area (Å²) in [5.41, 5.74) is 8.74. The average Bonchev–Trinajstić information content (AvgIpc) is 4.02. The number of morpholine rings is 1. The van der Waals surface area contributed by atoms with E-state index in [2.05, 4.69) is 70.0 Å². The predicted octanol–water partition coefficient (Wildman–Crippen LogP) is 7.48. The molecular formula is C52H72N10O9. The number of amides is 4. The monoisotopic (exact) mass is 981 g/mol. The molecule has 1 aromatic carbocycles. The number of nitrogens with one attached hydrogen (secondary N) is 3. The van der Waals surface area contributed by atoms with Crippen molar-refractivity contribution in [3.8, 4) is 17.1 Å². The molecule has 2 fully saturated rings. The molecule has 71 heavy (non-hydrogen) atoms. The number of nitrogen functional groups attached to an aromatic ring is 1. The Balaban J connectivity index is 0.000000327. The number of carbonyl (C=O) groups excluding carboxylic acids is 4. The molecule has 5 heterocycles. The number of hydrogen-bond acceptors (Lipinski definition) is 14. The van der Waals surface area contributed by atoms with Crippen molar-refractivity contribution in [3.63, 3.8) is 0 Å². The van der Waals surface area contributed by atoms with Crippen LogP contribution in [0.15, 0.2) is 91.1 Å². The van der Waals surface area contributed by atoms with E-state index in [0.29, 0.717) is 98.3 Å². The van der Waals surface area contributed by atoms with Crippen LogP contribution >= 0.6 is 0 Å². The first-order valence-electron chi connectivity index (χ1n) is 23.9. The third kappa shape index (κ3) is 18.8. The molecule has 3 aromatic rings. The molecule has 2 saturated heterocycles. The van der Waals surface area contributed by atoms with E-state index >= 15 is 0 Å². The van der Waals surface area contributed by atoms with Crippen LogP contribution in [-0.4, -0.2) is 126 Å². The number of hydrogen-bond donors (Lipinski definition) is 5. The maximum atomic E-state index is 12.7. The second-order valence-electron chi connectivity index (χ2n) is 16.7. The summed E-state index contributed by atoms with van der Waals surface area (Å²) in [6.07, 6.45) is 15.2. The molecule has 0 spiro atoms. The lowest BCUT2D eigenvalue weighted by Gasteiger charge is -2.28. The number of anilines is 3. The van der Waals surface area contributed by atoms with Crippen molar-refractivity contribution in [3.05, 3.63) is 97.4 Å². The van der Waals surface area contributed by atoms with E-state index < -0.39 is 36.0 Å². The molecule has 6 rings (SSSR count). The highest BCUT2D eigenvalue weighted by Gasteiger charge is 2.35. The number of carboxylic acid groups (broad SMARTS) is 1. The number of ether oxygens (including phenoxy) is 3. The van der Waals surface area contributed by atoms with E-state index in [9.17, 15) is 24.0 Å². The van der Waals surface area contributed by atoms with Gasteiger partial charge in [-0.25, -0.2) is 24.5 Å². The van der Waals surface area contributed by atoms with Crippen LogP contribution in [0.25, 0.3) is 17.0 Å². The molecule has 0 radical (unpaired) electrons. The SMILES string of the molecule is C=C/C=C1\C(=NC)Oc2c1nc(-c1cccc(NC(=O)c3ccc(N)nc3)c1)nc2N1CCOCC1.C=CCC/C=C\C.CC(C)CNC(=O)OC(C)C(=O)NCC(=O)N1CCCC1C(=O)O.CCCC. The van der Waals surface area contributed by atoms with Gasteiger partial charge in [-0.2, -0.15) is 0 Å². The molecule has 4 amide bonds. The van der Waals surface area contributed by atoms with Gasteiger partial charge < -0.3 is 50.8 Å². The van der Waals surface area contributed by atoms with E-state index in [1.165, 1.54) is 30.9 Å². The van der Waals surface area contributed by atoms with Gasteiger partial charge >= 0.3 is 12.1 Å². The number of aliphatic carboxylic acids is 1. The molecule has 2 aromatic heterocycles. The molecule has 0 aliphatic carbocycles. The van der Waals surface area contributed by atoms with Crippen LogP contribution in [0.4, 0.5) is 22.1 Å². The fourth-order valence-electron chi connectivity index (χ4n) is 6.65. The molecule has 384 valence electrons. The van der Waals surface area contributed by atoms with Crippen LogP contribution in [0, 0.1) is 5.92 Å². The maximum absolute atomic E-state index is 12.7. The van der Waals surface area contributed by atoms with Crippen molar-refractivity contribution in [1.82, 2.24) is 30.5 Å². The van der Waals surface area contributed by atoms with E-state index in [1.807, 2.05) is 51.1 Å². The first-order chi connectivity index (χ1) is 34.1. The number of carbonyl (C=O) groups is 5. The number of allylic oxidation sites excluding steroid dienone is 5. The molecule has 3 aliphatic heterocycles. The predicted molar refractivity (Wildman–Crippen MR) is 278 cm³/mol. The quantitative estimate of drug-likeness (QED) is 0.0689. The Morgan fingerprint density at radius 3 is 2.35 bits per heavy atom. The Bertz CT molecular complexity index is 2340. The van der Waals surface area contributed by atoms with Gasteiger partial charge in [0.2, 0.25) is 11.8 Å². The summed E-state index contributed by atoms with van der Waals surface area (Å²) in [5, 5.41) is 16.8. The molecule has 2 unspecified atom stereocenters. The Morgan fingerprint density at radius 1 is 1.01 bits per heavy atom. The van der Waals surface area contributed by atoms with Gasteiger partial charge in [0.15, 0.2) is 23.5 Å². The lowest BCUT2D eigenvalue weighted by Crippen LogP contribution is -2.47. The van der Waals surface area contributed by atoms with Crippen LogP contribution < -0.4 is 31.3 Å². The van der Waals surface area contributed by atoms with Crippen LogP contribution in [-0.2, 0) is 23.9 Å². The number of rotatable bonds is 16. The molecule has 19 nitrogen and oxygen atoms in total. The zero-order valence-electron chi connectivity index (χ0n) is 42.2. The molecule has 6 N–H and O–H groups in total. The normalized spacial score (nSPS) is 16.2. The first kappa shape index (κ1) is 57.9. The second kappa shape index (κ2) is 30.9. The number of aromatic nitrogens is 3. The standard InChI is InChI=1S/C26H25N7O3.C15H25N3O6.C7H12.C4H10/c1-3-5-19-21-22(36-26(19)28-2)24(33-10-12-35-13-11-33)32-23(31-21)16-6-4-7-18(14-16)30-25(34)17-8-9-20(27)29-15-17;1-9(2)7-17-15(23)24-10(3)13(20)16-8-12(19)18-6-4-5-11(18)14(21)22;1-3-5-7-6-4-2;1-3-4-2/h3-9,14-15H,1,10-13H2,2H3,(H2,27,29)(H,30,34);9-11H,4-8H2,1-3H3,(H,16,20)(H,17,23)(H,21,22);3-4,6H,1,5,7H2,2H3;3-4H2,1-2H3/b19-5-,28-26?;;6-4-;. The number of fused-ring (bicyclic) bond motifs is 1. The number of likely N-dealkylation sites (tertiary alicyclic amines) is 1. The highest BCUT2D eigenvalue weighted by atomic mass is 16.6. The van der Waals surface area contributed by atoms with Crippen LogP contribution in [0.5, 0.6) is 5.75 Å². The summed E-state index contributed by atoms with van der Waals surface area (Å²) in [7, 11) is 1.67. The summed E-state index contributed by atoms with van der Waals surface area (Å²) in [4.78, 5) is 80.4. The van der Waals surface area contributed by atoms with E-state index in [1.54, 1.807) is 31.3 Å². The number of nitrogens with two attached hydrogens (primary N) is 1. The molecule has 19 heteroatoms. The summed E-state index contributed by atoms with van der Waals surface area (Å²) in [5.74, 6) is 0.372. The van der Waals surface area contributed by atoms with Crippen molar-refractivity contribution >= 4 is 58.6 Å². The number of aliphatic imine (C=N–C) groups is 1. The van der Waals surface area contributed by atoms with Crippen LogP contribution in [0.2, 0.25) is 0 Å². The number of carboxylic acids is 1. The van der Waals surface area contributed by atoms with E-state index in [-0.39, 0.29) is 18.4 Å². The third-order valence-electron chi connectivity index (χ3n) is 10.6. The Kier molecular flexibility index (Phi) is 25.2. The van der Waals surface area contributed by atoms with Crippen LogP contribution in [0.3, 0.4) is 0 Å². The highest BCUT2D eigenvalue weighted by Crippen LogP contribution is 2.42. The highest BCUT2D eigenvalue weighted by molar-refractivity contribution is 6.24. The maximum Gasteiger partial charge on any atom is 0.407 e. The zero-order valence-corrected chi connectivity index (χ0v) is 42.2. The molecular weight excluding hydrogens is 909 g/mol. The number of nitrogens with zero attached hydrogens (tertiary/aromatic N) is 6. The second-order valence-corrected chi connectivity index (χ2v) is 16.7. The number of pyridine rings is 1. The van der Waals surface area contributed by atoms with Crippen molar-refractivity contribution in [1.29, 1.82) is 0 Å².